The van der Waals surface area contributed by atoms with E-state index in [0.29, 0.717) is 24.2 Å². The number of hydrogen-bond donors (Lipinski definition) is 1. The second-order valence-electron chi connectivity index (χ2n) is 7.21. The van der Waals surface area contributed by atoms with Gasteiger partial charge in [-0.25, -0.2) is 13.9 Å². The quantitative estimate of drug-likeness (QED) is 0.737. The molecule has 1 atom stereocenters. The van der Waals surface area contributed by atoms with E-state index in [4.69, 9.17) is 4.74 Å². The fourth-order valence-electron chi connectivity index (χ4n) is 3.69. The van der Waals surface area contributed by atoms with Crippen molar-refractivity contribution in [3.8, 4) is 0 Å². The van der Waals surface area contributed by atoms with Gasteiger partial charge in [0.1, 0.15) is 11.4 Å². The molecular weight excluding hydrogens is 359 g/mol. The number of aromatic nitrogens is 3. The highest BCUT2D eigenvalue weighted by Gasteiger charge is 2.21. The summed E-state index contributed by atoms with van der Waals surface area (Å²) in [7, 11) is 0. The predicted octanol–water partition coefficient (Wildman–Crippen LogP) is 2.98. The van der Waals surface area contributed by atoms with Crippen LogP contribution in [0.2, 0.25) is 0 Å². The topological polar surface area (TPSA) is 68.5 Å². The van der Waals surface area contributed by atoms with Gasteiger partial charge in [0.05, 0.1) is 12.3 Å². The van der Waals surface area contributed by atoms with Gasteiger partial charge in [0.2, 0.25) is 0 Å². The Morgan fingerprint density at radius 1 is 1.39 bits per heavy atom. The Balaban J connectivity index is 1.60. The highest BCUT2D eigenvalue weighted by atomic mass is 19.1. The van der Waals surface area contributed by atoms with E-state index in [0.717, 1.165) is 42.0 Å². The average molecular weight is 382 g/mol. The molecule has 1 saturated heterocycles. The molecule has 146 valence electrons. The molecule has 6 nitrogen and oxygen atoms in total. The first kappa shape index (κ1) is 18.6. The van der Waals surface area contributed by atoms with Crippen molar-refractivity contribution in [1.82, 2.24) is 19.9 Å². The van der Waals surface area contributed by atoms with Gasteiger partial charge in [-0.2, -0.15) is 5.10 Å². The smallest absolute Gasteiger partial charge is 0.256 e. The molecule has 7 heteroatoms. The van der Waals surface area contributed by atoms with E-state index in [-0.39, 0.29) is 17.8 Å². The summed E-state index contributed by atoms with van der Waals surface area (Å²) in [5.74, 6) is -0.458. The third-order valence-electron chi connectivity index (χ3n) is 5.24. The van der Waals surface area contributed by atoms with E-state index >= 15 is 0 Å². The summed E-state index contributed by atoms with van der Waals surface area (Å²) in [6.45, 7) is 5.09. The van der Waals surface area contributed by atoms with Crippen molar-refractivity contribution in [2.24, 2.45) is 0 Å². The highest BCUT2D eigenvalue weighted by molar-refractivity contribution is 5.99. The molecule has 3 heterocycles. The van der Waals surface area contributed by atoms with E-state index in [1.54, 1.807) is 16.8 Å². The van der Waals surface area contributed by atoms with Crippen LogP contribution in [0.25, 0.3) is 5.65 Å². The first-order chi connectivity index (χ1) is 13.5. The van der Waals surface area contributed by atoms with Crippen LogP contribution in [0.3, 0.4) is 0 Å². The Morgan fingerprint density at radius 3 is 3.00 bits per heavy atom. The third kappa shape index (κ3) is 3.62. The summed E-state index contributed by atoms with van der Waals surface area (Å²) >= 11 is 0. The Bertz CT molecular complexity index is 1020. The van der Waals surface area contributed by atoms with Gasteiger partial charge in [-0.1, -0.05) is 12.1 Å². The number of carbonyl (C=O) groups excluding carboxylic acids is 1. The Hall–Kier alpha value is -2.80. The summed E-state index contributed by atoms with van der Waals surface area (Å²) in [6.07, 6.45) is 4.19. The van der Waals surface area contributed by atoms with Gasteiger partial charge in [-0.05, 0) is 49.9 Å². The minimum absolute atomic E-state index is 0.0834. The lowest BCUT2D eigenvalue weighted by atomic mass is 10.0. The SMILES string of the molecule is Cc1nc2c(C(=O)NCC3CCCO3)cnn2c(C)c1Cc1cccc(F)c1. The normalized spacial score (nSPS) is 16.6. The largest absolute Gasteiger partial charge is 0.376 e. The number of benzene rings is 1. The standard InChI is InChI=1S/C21H23FN4O2/c1-13-18(10-15-5-3-6-16(22)9-15)14(2)26-20(25-13)19(12-24-26)21(27)23-11-17-7-4-8-28-17/h3,5-6,9,12,17H,4,7-8,10-11H2,1-2H3,(H,23,27). The Morgan fingerprint density at radius 2 is 2.25 bits per heavy atom. The second kappa shape index (κ2) is 7.67. The molecule has 28 heavy (non-hydrogen) atoms. The zero-order valence-corrected chi connectivity index (χ0v) is 16.0. The van der Waals surface area contributed by atoms with Crippen LogP contribution >= 0.6 is 0 Å². The maximum absolute atomic E-state index is 13.5. The second-order valence-corrected chi connectivity index (χ2v) is 7.21. The van der Waals surface area contributed by atoms with Gasteiger partial charge in [0.25, 0.3) is 5.91 Å². The first-order valence-corrected chi connectivity index (χ1v) is 9.51. The molecule has 3 aromatic rings. The molecule has 0 saturated carbocycles. The van der Waals surface area contributed by atoms with Crippen molar-refractivity contribution in [1.29, 1.82) is 0 Å². The predicted molar refractivity (Wildman–Crippen MR) is 103 cm³/mol. The van der Waals surface area contributed by atoms with Crippen LogP contribution in [0.1, 0.15) is 45.7 Å². The lowest BCUT2D eigenvalue weighted by molar-refractivity contribution is 0.0859. The van der Waals surface area contributed by atoms with Crippen molar-refractivity contribution in [2.45, 2.75) is 39.2 Å². The summed E-state index contributed by atoms with van der Waals surface area (Å²) in [5.41, 5.74) is 4.53. The van der Waals surface area contributed by atoms with Crippen molar-refractivity contribution < 1.29 is 13.9 Å². The van der Waals surface area contributed by atoms with Crippen LogP contribution in [0.4, 0.5) is 4.39 Å². The number of rotatable bonds is 5. The number of fused-ring (bicyclic) bond motifs is 1. The van der Waals surface area contributed by atoms with E-state index in [1.165, 1.54) is 12.1 Å². The van der Waals surface area contributed by atoms with Crippen LogP contribution in [-0.4, -0.2) is 39.8 Å². The van der Waals surface area contributed by atoms with Gasteiger partial charge in [-0.3, -0.25) is 4.79 Å². The highest BCUT2D eigenvalue weighted by Crippen LogP contribution is 2.21. The number of halogens is 1. The number of hydrogen-bond acceptors (Lipinski definition) is 4. The van der Waals surface area contributed by atoms with Crippen molar-refractivity contribution >= 4 is 11.6 Å². The number of nitrogens with one attached hydrogen (secondary N) is 1. The number of ether oxygens (including phenoxy) is 1. The summed E-state index contributed by atoms with van der Waals surface area (Å²) in [4.78, 5) is 17.2. The lowest BCUT2D eigenvalue weighted by Crippen LogP contribution is -2.31. The monoisotopic (exact) mass is 382 g/mol. The molecule has 0 bridgehead atoms. The molecular formula is C21H23FN4O2. The maximum Gasteiger partial charge on any atom is 0.256 e. The fourth-order valence-corrected chi connectivity index (χ4v) is 3.69. The van der Waals surface area contributed by atoms with E-state index < -0.39 is 0 Å². The zero-order chi connectivity index (χ0) is 19.7. The van der Waals surface area contributed by atoms with Crippen LogP contribution in [-0.2, 0) is 11.2 Å². The molecule has 1 fully saturated rings. The van der Waals surface area contributed by atoms with E-state index in [2.05, 4.69) is 15.4 Å². The van der Waals surface area contributed by atoms with Gasteiger partial charge in [0.15, 0.2) is 5.65 Å². The van der Waals surface area contributed by atoms with Crippen molar-refractivity contribution in [3.63, 3.8) is 0 Å². The number of aryl methyl sites for hydroxylation is 2. The van der Waals surface area contributed by atoms with E-state index in [9.17, 15) is 9.18 Å². The average Bonchev–Trinajstić information content (AvgIpc) is 3.33. The van der Waals surface area contributed by atoms with E-state index in [1.807, 2.05) is 19.9 Å². The van der Waals surface area contributed by atoms with Gasteiger partial charge in [0, 0.05) is 31.0 Å². The molecule has 1 aromatic carbocycles. The van der Waals surface area contributed by atoms with Crippen LogP contribution < -0.4 is 5.32 Å². The van der Waals surface area contributed by atoms with Crippen LogP contribution in [0.15, 0.2) is 30.5 Å². The Labute approximate surface area is 162 Å². The minimum Gasteiger partial charge on any atom is -0.376 e. The minimum atomic E-state index is -0.258. The lowest BCUT2D eigenvalue weighted by Gasteiger charge is -2.12. The summed E-state index contributed by atoms with van der Waals surface area (Å²) in [6, 6.07) is 6.54. The zero-order valence-electron chi connectivity index (χ0n) is 16.0. The van der Waals surface area contributed by atoms with Crippen molar-refractivity contribution in [2.75, 3.05) is 13.2 Å². The Kier molecular flexibility index (Phi) is 5.09. The molecule has 4 rings (SSSR count). The molecule has 0 aliphatic carbocycles. The number of amides is 1. The summed E-state index contributed by atoms with van der Waals surface area (Å²) < 4.78 is 20.7. The van der Waals surface area contributed by atoms with Gasteiger partial charge >= 0.3 is 0 Å². The molecule has 1 aliphatic heterocycles. The van der Waals surface area contributed by atoms with Crippen LogP contribution in [0.5, 0.6) is 0 Å². The van der Waals surface area contributed by atoms with Crippen LogP contribution in [0, 0.1) is 19.7 Å². The molecule has 1 N–H and O–H groups in total. The molecule has 2 aromatic heterocycles. The maximum atomic E-state index is 13.5. The molecule has 0 radical (unpaired) electrons. The number of carbonyl (C=O) groups is 1. The number of nitrogens with zero attached hydrogens (tertiary/aromatic N) is 3. The molecule has 1 unspecified atom stereocenters. The van der Waals surface area contributed by atoms with Gasteiger partial charge < -0.3 is 10.1 Å². The molecule has 1 aliphatic rings. The third-order valence-corrected chi connectivity index (χ3v) is 5.24. The van der Waals surface area contributed by atoms with Crippen molar-refractivity contribution in [3.05, 3.63) is 64.4 Å². The van der Waals surface area contributed by atoms with Gasteiger partial charge in [-0.15, -0.1) is 0 Å². The summed E-state index contributed by atoms with van der Waals surface area (Å²) in [5, 5.41) is 7.29. The molecule has 0 spiro atoms. The fraction of sp³-hybridized carbons (Fsp3) is 0.381. The molecule has 1 amide bonds. The first-order valence-electron chi connectivity index (χ1n) is 9.51.